The first-order valence-corrected chi connectivity index (χ1v) is 9.60. The first-order valence-electron chi connectivity index (χ1n) is 9.60. The van der Waals surface area contributed by atoms with Crippen LogP contribution >= 0.6 is 0 Å². The molecule has 0 atom stereocenters. The van der Waals surface area contributed by atoms with E-state index in [1.54, 1.807) is 32.9 Å². The fourth-order valence-corrected chi connectivity index (χ4v) is 2.70. The van der Waals surface area contributed by atoms with Crippen molar-refractivity contribution in [2.45, 2.75) is 65.3 Å². The van der Waals surface area contributed by atoms with Crippen molar-refractivity contribution >= 4 is 19.3 Å². The summed E-state index contributed by atoms with van der Waals surface area (Å²) in [4.78, 5) is 12.1. The maximum Gasteiger partial charge on any atom is 0.492 e. The van der Waals surface area contributed by atoms with Crippen molar-refractivity contribution in [1.29, 1.82) is 0 Å². The monoisotopic (exact) mass is 407 g/mol. The van der Waals surface area contributed by atoms with Gasteiger partial charge in [0.25, 0.3) is 0 Å². The van der Waals surface area contributed by atoms with Crippen molar-refractivity contribution in [3.8, 4) is 5.75 Å². The molecule has 0 bridgehead atoms. The second-order valence-electron chi connectivity index (χ2n) is 9.05. The second kappa shape index (κ2) is 8.36. The molecule has 1 aliphatic heterocycles. The third-order valence-corrected chi connectivity index (χ3v) is 4.92. The number of nitrogens with one attached hydrogen (secondary N) is 1. The first-order chi connectivity index (χ1) is 13.2. The molecule has 29 heavy (non-hydrogen) atoms. The number of carbonyl (C=O) groups is 1. The molecule has 0 aliphatic carbocycles. The van der Waals surface area contributed by atoms with E-state index in [-0.39, 0.29) is 6.54 Å². The zero-order chi connectivity index (χ0) is 22.0. The number of benzene rings is 1. The van der Waals surface area contributed by atoms with Crippen LogP contribution in [-0.2, 0) is 14.0 Å². The molecule has 1 aliphatic rings. The summed E-state index contributed by atoms with van der Waals surface area (Å²) < 4.78 is 36.7. The van der Waals surface area contributed by atoms with Gasteiger partial charge in [0.05, 0.1) is 18.3 Å². The summed E-state index contributed by atoms with van der Waals surface area (Å²) in [5.74, 6) is 0.100. The lowest BCUT2D eigenvalue weighted by Crippen LogP contribution is -2.41. The molecule has 8 heteroatoms. The van der Waals surface area contributed by atoms with Crippen molar-refractivity contribution < 1.29 is 28.0 Å². The van der Waals surface area contributed by atoms with Crippen molar-refractivity contribution in [2.24, 2.45) is 0 Å². The van der Waals surface area contributed by atoms with Crippen LogP contribution in [0.1, 0.15) is 54.0 Å². The highest BCUT2D eigenvalue weighted by Gasteiger charge is 2.52. The number of halogens is 1. The lowest BCUT2D eigenvalue weighted by molar-refractivity contribution is 0.00578. The Hall–Kier alpha value is -2.06. The summed E-state index contributed by atoms with van der Waals surface area (Å²) in [5.41, 5.74) is -0.616. The van der Waals surface area contributed by atoms with E-state index in [9.17, 15) is 9.18 Å². The normalized spacial score (nSPS) is 18.5. The van der Waals surface area contributed by atoms with Gasteiger partial charge in [0, 0.05) is 12.1 Å². The molecule has 0 spiro atoms. The molecule has 1 heterocycles. The van der Waals surface area contributed by atoms with E-state index >= 15 is 0 Å². The Morgan fingerprint density at radius 3 is 2.31 bits per heavy atom. The number of amides is 1. The molecule has 1 amide bonds. The molecule has 0 radical (unpaired) electrons. The van der Waals surface area contributed by atoms with Crippen LogP contribution < -0.4 is 10.1 Å². The molecule has 2 rings (SSSR count). The Morgan fingerprint density at radius 2 is 1.79 bits per heavy atom. The molecule has 0 aromatic heterocycles. The third kappa shape index (κ3) is 5.96. The second-order valence-corrected chi connectivity index (χ2v) is 9.05. The van der Waals surface area contributed by atoms with E-state index in [4.69, 9.17) is 18.8 Å². The Labute approximate surface area is 172 Å². The van der Waals surface area contributed by atoms with E-state index in [2.05, 4.69) is 5.32 Å². The molecule has 1 aromatic rings. The minimum atomic E-state index is -0.720. The molecule has 160 valence electrons. The van der Waals surface area contributed by atoms with Gasteiger partial charge in [-0.15, -0.1) is 0 Å². The minimum absolute atomic E-state index is 0.103. The molecule has 1 saturated heterocycles. The van der Waals surface area contributed by atoms with Gasteiger partial charge < -0.3 is 24.1 Å². The van der Waals surface area contributed by atoms with Crippen LogP contribution in [0, 0.1) is 5.82 Å². The predicted molar refractivity (Wildman–Crippen MR) is 111 cm³/mol. The van der Waals surface area contributed by atoms with Gasteiger partial charge in [-0.05, 0) is 72.1 Å². The number of carbonyl (C=O) groups excluding carboxylic acids is 1. The van der Waals surface area contributed by atoms with Gasteiger partial charge in [-0.3, -0.25) is 0 Å². The van der Waals surface area contributed by atoms with Crippen LogP contribution in [0.15, 0.2) is 23.7 Å². The maximum absolute atomic E-state index is 13.8. The van der Waals surface area contributed by atoms with Crippen LogP contribution in [0.4, 0.5) is 9.18 Å². The number of methoxy groups -OCH3 is 1. The van der Waals surface area contributed by atoms with Crippen LogP contribution in [-0.4, -0.2) is 43.7 Å². The molecular weight excluding hydrogens is 376 g/mol. The van der Waals surface area contributed by atoms with Gasteiger partial charge in [0.1, 0.15) is 17.2 Å². The number of alkyl carbamates (subject to hydrolysis) is 1. The van der Waals surface area contributed by atoms with Crippen LogP contribution in [0.3, 0.4) is 0 Å². The van der Waals surface area contributed by atoms with E-state index in [1.807, 2.05) is 27.7 Å². The lowest BCUT2D eigenvalue weighted by atomic mass is 9.77. The Kier molecular flexibility index (Phi) is 6.70. The summed E-state index contributed by atoms with van der Waals surface area (Å²) in [5, 5.41) is 2.72. The van der Waals surface area contributed by atoms with Gasteiger partial charge >= 0.3 is 13.2 Å². The lowest BCUT2D eigenvalue weighted by Gasteiger charge is -2.32. The highest BCUT2D eigenvalue weighted by Crippen LogP contribution is 2.39. The van der Waals surface area contributed by atoms with Crippen molar-refractivity contribution in [2.75, 3.05) is 13.7 Å². The summed E-state index contributed by atoms with van der Waals surface area (Å²) in [7, 11) is 0.792. The Balaban J connectivity index is 2.34. The summed E-state index contributed by atoms with van der Waals surface area (Å²) >= 11 is 0. The first kappa shape index (κ1) is 23.2. The fourth-order valence-electron chi connectivity index (χ4n) is 2.70. The average molecular weight is 407 g/mol. The van der Waals surface area contributed by atoms with Gasteiger partial charge in [-0.25, -0.2) is 9.18 Å². The summed E-state index contributed by atoms with van der Waals surface area (Å²) in [6.45, 7) is 13.2. The van der Waals surface area contributed by atoms with Crippen LogP contribution in [0.5, 0.6) is 5.75 Å². The molecule has 6 nitrogen and oxygen atoms in total. The topological polar surface area (TPSA) is 66.0 Å². The zero-order valence-corrected chi connectivity index (χ0v) is 18.5. The summed E-state index contributed by atoms with van der Waals surface area (Å²) in [6.07, 6.45) is 1.15. The largest absolute Gasteiger partial charge is 0.496 e. The Morgan fingerprint density at radius 1 is 1.21 bits per heavy atom. The molecule has 1 fully saturated rings. The highest BCUT2D eigenvalue weighted by molar-refractivity contribution is 6.56. The quantitative estimate of drug-likeness (QED) is 0.735. The van der Waals surface area contributed by atoms with E-state index in [0.29, 0.717) is 16.8 Å². The third-order valence-electron chi connectivity index (χ3n) is 4.92. The van der Waals surface area contributed by atoms with Crippen molar-refractivity contribution in [1.82, 2.24) is 5.32 Å². The number of ether oxygens (including phenoxy) is 2. The molecule has 1 N–H and O–H groups in total. The molecular formula is C21H31BFNO5. The van der Waals surface area contributed by atoms with Gasteiger partial charge in [-0.1, -0.05) is 6.08 Å². The maximum atomic E-state index is 13.8. The smallest absolute Gasteiger partial charge is 0.492 e. The van der Waals surface area contributed by atoms with Gasteiger partial charge in [0.15, 0.2) is 0 Å². The molecule has 0 saturated carbocycles. The van der Waals surface area contributed by atoms with E-state index in [0.717, 1.165) is 0 Å². The van der Waals surface area contributed by atoms with Crippen molar-refractivity contribution in [3.05, 3.63) is 35.1 Å². The van der Waals surface area contributed by atoms with Crippen LogP contribution in [0.2, 0.25) is 0 Å². The van der Waals surface area contributed by atoms with E-state index < -0.39 is 35.8 Å². The highest BCUT2D eigenvalue weighted by atomic mass is 19.1. The molecule has 0 unspecified atom stereocenters. The average Bonchev–Trinajstić information content (AvgIpc) is 2.77. The molecule has 1 aromatic carbocycles. The Bertz CT molecular complexity index is 770. The van der Waals surface area contributed by atoms with Gasteiger partial charge in [-0.2, -0.15) is 0 Å². The predicted octanol–water partition coefficient (Wildman–Crippen LogP) is 4.37. The standard InChI is InChI=1S/C21H31BFNO5/c1-19(2,3)27-18(25)24-13-15(22-28-20(4,5)21(6,7)29-22)11-14-12-16(23)9-10-17(14)26-8/h9-12H,13H2,1-8H3,(H,24,25). The number of rotatable bonds is 5. The van der Waals surface area contributed by atoms with Crippen LogP contribution in [0.25, 0.3) is 6.08 Å². The fraction of sp³-hybridized carbons (Fsp3) is 0.571. The van der Waals surface area contributed by atoms with Gasteiger partial charge in [0.2, 0.25) is 0 Å². The number of hydrogen-bond acceptors (Lipinski definition) is 5. The SMILES string of the molecule is COc1ccc(F)cc1C=C(CNC(=O)OC(C)(C)C)B1OC(C)(C)C(C)(C)O1. The summed E-state index contributed by atoms with van der Waals surface area (Å²) in [6, 6.07) is 4.23. The zero-order valence-electron chi connectivity index (χ0n) is 18.5. The number of hydrogen-bond donors (Lipinski definition) is 1. The minimum Gasteiger partial charge on any atom is -0.496 e. The van der Waals surface area contributed by atoms with E-state index in [1.165, 1.54) is 19.2 Å². The van der Waals surface area contributed by atoms with Crippen molar-refractivity contribution in [3.63, 3.8) is 0 Å².